The lowest BCUT2D eigenvalue weighted by Crippen LogP contribution is -2.41. The lowest BCUT2D eigenvalue weighted by Gasteiger charge is -2.28. The van der Waals surface area contributed by atoms with Crippen molar-refractivity contribution in [2.24, 2.45) is 0 Å². The summed E-state index contributed by atoms with van der Waals surface area (Å²) in [5.74, 6) is 0. The monoisotopic (exact) mass is 414 g/mol. The van der Waals surface area contributed by atoms with Gasteiger partial charge in [0.1, 0.15) is 11.2 Å². The summed E-state index contributed by atoms with van der Waals surface area (Å²) < 4.78 is 10.6. The zero-order valence-electron chi connectivity index (χ0n) is 19.9. The Morgan fingerprint density at radius 1 is 0.897 bits per heavy atom. The number of carbonyl (C=O) groups excluding carboxylic acids is 2. The van der Waals surface area contributed by atoms with Crippen LogP contribution in [0, 0.1) is 0 Å². The maximum absolute atomic E-state index is 11.7. The highest BCUT2D eigenvalue weighted by atomic mass is 16.6. The van der Waals surface area contributed by atoms with Crippen LogP contribution in [0.3, 0.4) is 0 Å². The van der Waals surface area contributed by atoms with Crippen molar-refractivity contribution in [3.05, 3.63) is 0 Å². The van der Waals surface area contributed by atoms with Gasteiger partial charge in [-0.1, -0.05) is 0 Å². The first-order valence-corrected chi connectivity index (χ1v) is 10.5. The molecule has 2 rings (SSSR count). The summed E-state index contributed by atoms with van der Waals surface area (Å²) in [7, 11) is 5.69. The van der Waals surface area contributed by atoms with Crippen LogP contribution in [-0.2, 0) is 9.47 Å². The highest BCUT2D eigenvalue weighted by molar-refractivity contribution is 5.68. The largest absolute Gasteiger partial charge is 0.444 e. The van der Waals surface area contributed by atoms with Crippen LogP contribution < -0.4 is 5.32 Å². The molecule has 8 heteroatoms. The first kappa shape index (κ1) is 25.5. The van der Waals surface area contributed by atoms with Crippen LogP contribution >= 0.6 is 0 Å². The quantitative estimate of drug-likeness (QED) is 0.749. The van der Waals surface area contributed by atoms with Gasteiger partial charge in [-0.15, -0.1) is 0 Å². The van der Waals surface area contributed by atoms with Gasteiger partial charge in [0.05, 0.1) is 0 Å². The van der Waals surface area contributed by atoms with Crippen LogP contribution in [-0.4, -0.2) is 97.5 Å². The van der Waals surface area contributed by atoms with E-state index in [0.29, 0.717) is 6.04 Å². The smallest absolute Gasteiger partial charge is 0.410 e. The van der Waals surface area contributed by atoms with Crippen LogP contribution in [0.25, 0.3) is 0 Å². The van der Waals surface area contributed by atoms with Crippen LogP contribution in [0.15, 0.2) is 0 Å². The molecule has 8 nitrogen and oxygen atoms in total. The topological polar surface area (TPSA) is 74.4 Å². The minimum atomic E-state index is -0.407. The lowest BCUT2D eigenvalue weighted by atomic mass is 10.2. The predicted octanol–water partition coefficient (Wildman–Crippen LogP) is 2.77. The molecule has 2 aliphatic rings. The number of hydrogen-bond acceptors (Lipinski definition) is 6. The van der Waals surface area contributed by atoms with E-state index in [1.165, 1.54) is 0 Å². The van der Waals surface area contributed by atoms with Gasteiger partial charge in [0.15, 0.2) is 0 Å². The van der Waals surface area contributed by atoms with Crippen molar-refractivity contribution >= 4 is 12.2 Å². The molecule has 29 heavy (non-hydrogen) atoms. The van der Waals surface area contributed by atoms with Crippen molar-refractivity contribution in [3.63, 3.8) is 0 Å². The normalized spacial score (nSPS) is 22.5. The van der Waals surface area contributed by atoms with Gasteiger partial charge in [-0.3, -0.25) is 0 Å². The zero-order chi connectivity index (χ0) is 22.4. The molecule has 170 valence electrons. The molecular weight excluding hydrogens is 372 g/mol. The molecule has 0 aromatic rings. The average Bonchev–Trinajstić information content (AvgIpc) is 3.22. The maximum Gasteiger partial charge on any atom is 0.410 e. The van der Waals surface area contributed by atoms with E-state index in [-0.39, 0.29) is 18.2 Å². The Balaban J connectivity index is 0.000000291. The molecule has 0 saturated carbocycles. The van der Waals surface area contributed by atoms with Gasteiger partial charge in [0, 0.05) is 39.3 Å². The number of nitrogens with zero attached hydrogens (tertiary/aromatic N) is 3. The van der Waals surface area contributed by atoms with Gasteiger partial charge in [-0.25, -0.2) is 9.59 Å². The number of hydrogen-bond donors (Lipinski definition) is 1. The number of nitrogens with one attached hydrogen (secondary N) is 1. The SMILES string of the molecule is CN(C(=O)OC(C)(C)C)[C@@H]1CCNC1.CN1CC[C@@H](N(C)C(=O)OC(C)(C)C)C1. The molecule has 0 aromatic heterocycles. The summed E-state index contributed by atoms with van der Waals surface area (Å²) in [6.45, 7) is 15.2. The average molecular weight is 415 g/mol. The fourth-order valence-corrected chi connectivity index (χ4v) is 3.16. The summed E-state index contributed by atoms with van der Waals surface area (Å²) in [6.07, 6.45) is 1.59. The summed E-state index contributed by atoms with van der Waals surface area (Å²) in [6, 6.07) is 0.578. The third kappa shape index (κ3) is 9.67. The van der Waals surface area contributed by atoms with Crippen LogP contribution in [0.5, 0.6) is 0 Å². The Bertz CT molecular complexity index is 536. The Labute approximate surface area is 176 Å². The van der Waals surface area contributed by atoms with E-state index in [1.54, 1.807) is 16.8 Å². The van der Waals surface area contributed by atoms with Crippen molar-refractivity contribution in [1.82, 2.24) is 20.0 Å². The number of amides is 2. The van der Waals surface area contributed by atoms with Crippen molar-refractivity contribution in [3.8, 4) is 0 Å². The van der Waals surface area contributed by atoms with Crippen LogP contribution in [0.2, 0.25) is 0 Å². The van der Waals surface area contributed by atoms with Crippen LogP contribution in [0.1, 0.15) is 54.4 Å². The van der Waals surface area contributed by atoms with E-state index in [1.807, 2.05) is 48.6 Å². The minimum Gasteiger partial charge on any atom is -0.444 e. The highest BCUT2D eigenvalue weighted by Crippen LogP contribution is 2.16. The molecule has 0 aromatic carbocycles. The van der Waals surface area contributed by atoms with E-state index in [9.17, 15) is 9.59 Å². The maximum atomic E-state index is 11.7. The molecule has 2 amide bonds. The van der Waals surface area contributed by atoms with Crippen molar-refractivity contribution in [2.75, 3.05) is 47.3 Å². The minimum absolute atomic E-state index is 0.220. The number of rotatable bonds is 2. The summed E-state index contributed by atoms with van der Waals surface area (Å²) >= 11 is 0. The Morgan fingerprint density at radius 2 is 1.38 bits per heavy atom. The third-order valence-corrected chi connectivity index (χ3v) is 4.86. The fraction of sp³-hybridized carbons (Fsp3) is 0.905. The second-order valence-corrected chi connectivity index (χ2v) is 10.0. The molecule has 0 spiro atoms. The van der Waals surface area contributed by atoms with Crippen molar-refractivity contribution < 1.29 is 19.1 Å². The number of carbonyl (C=O) groups is 2. The predicted molar refractivity (Wildman–Crippen MR) is 115 cm³/mol. The van der Waals surface area contributed by atoms with Crippen LogP contribution in [0.4, 0.5) is 9.59 Å². The van der Waals surface area contributed by atoms with Gasteiger partial charge in [-0.2, -0.15) is 0 Å². The molecule has 0 unspecified atom stereocenters. The van der Waals surface area contributed by atoms with Gasteiger partial charge in [0.25, 0.3) is 0 Å². The van der Waals surface area contributed by atoms with E-state index >= 15 is 0 Å². The Morgan fingerprint density at radius 3 is 1.72 bits per heavy atom. The third-order valence-electron chi connectivity index (χ3n) is 4.86. The molecule has 1 N–H and O–H groups in total. The standard InChI is InChI=1S/C11H22N2O2.C10H20N2O2/c1-11(2,3)15-10(14)13(5)9-6-7-12(4)8-9;1-10(2,3)14-9(13)12(4)8-5-6-11-7-8/h9H,6-8H2,1-5H3;8,11H,5-7H2,1-4H3/t9-;8-/m11/s1. The van der Waals surface area contributed by atoms with E-state index in [2.05, 4.69) is 17.3 Å². The zero-order valence-corrected chi connectivity index (χ0v) is 19.9. The summed E-state index contributed by atoms with van der Waals surface area (Å²) in [5, 5.41) is 3.22. The second kappa shape index (κ2) is 10.5. The van der Waals surface area contributed by atoms with Gasteiger partial charge >= 0.3 is 12.2 Å². The lowest BCUT2D eigenvalue weighted by molar-refractivity contribution is 0.0222. The molecule has 0 radical (unpaired) electrons. The van der Waals surface area contributed by atoms with Gasteiger partial charge < -0.3 is 29.5 Å². The van der Waals surface area contributed by atoms with Crippen molar-refractivity contribution in [2.45, 2.75) is 77.7 Å². The molecule has 0 bridgehead atoms. The summed E-state index contributed by atoms with van der Waals surface area (Å²) in [4.78, 5) is 29.0. The highest BCUT2D eigenvalue weighted by Gasteiger charge is 2.29. The molecule has 2 saturated heterocycles. The number of likely N-dealkylation sites (N-methyl/N-ethyl adjacent to an activating group) is 3. The Hall–Kier alpha value is -1.54. The molecule has 2 heterocycles. The summed E-state index contributed by atoms with van der Waals surface area (Å²) in [5.41, 5.74) is -0.812. The second-order valence-electron chi connectivity index (χ2n) is 10.0. The van der Waals surface area contributed by atoms with Gasteiger partial charge in [-0.05, 0) is 74.5 Å². The number of likely N-dealkylation sites (tertiary alicyclic amines) is 1. The number of ether oxygens (including phenoxy) is 2. The first-order chi connectivity index (χ1) is 13.2. The molecule has 2 aliphatic heterocycles. The van der Waals surface area contributed by atoms with E-state index in [0.717, 1.165) is 39.0 Å². The van der Waals surface area contributed by atoms with Gasteiger partial charge in [0.2, 0.25) is 0 Å². The fourth-order valence-electron chi connectivity index (χ4n) is 3.16. The molecule has 0 aliphatic carbocycles. The Kier molecular flexibility index (Phi) is 9.21. The first-order valence-electron chi connectivity index (χ1n) is 10.5. The molecular formula is C21H42N4O4. The molecule has 2 fully saturated rings. The molecule has 2 atom stereocenters. The van der Waals surface area contributed by atoms with Crippen molar-refractivity contribution in [1.29, 1.82) is 0 Å². The van der Waals surface area contributed by atoms with E-state index in [4.69, 9.17) is 9.47 Å². The van der Waals surface area contributed by atoms with E-state index < -0.39 is 11.2 Å².